The number of anilines is 1. The van der Waals surface area contributed by atoms with Crippen LogP contribution in [0.5, 0.6) is 5.75 Å². The largest absolute Gasteiger partial charge is 0.495 e. The molecule has 0 spiro atoms. The van der Waals surface area contributed by atoms with E-state index in [0.29, 0.717) is 11.4 Å². The van der Waals surface area contributed by atoms with Crippen LogP contribution in [0.25, 0.3) is 0 Å². The van der Waals surface area contributed by atoms with E-state index in [1.807, 2.05) is 0 Å². The maximum absolute atomic E-state index is 10.9. The lowest BCUT2D eigenvalue weighted by Gasteiger charge is -2.16. The van der Waals surface area contributed by atoms with E-state index in [1.165, 1.54) is 7.11 Å². The topological polar surface area (TPSA) is 95.9 Å². The fourth-order valence-electron chi connectivity index (χ4n) is 1.33. The number of ether oxygens (including phenoxy) is 1. The maximum atomic E-state index is 10.9. The minimum absolute atomic E-state index is 0.448. The third-order valence-electron chi connectivity index (χ3n) is 2.11. The molecule has 1 unspecified atom stereocenters. The molecule has 0 aliphatic heterocycles. The smallest absolute Gasteiger partial charge is 0.326 e. The van der Waals surface area contributed by atoms with Crippen LogP contribution in [0.1, 0.15) is 6.42 Å². The van der Waals surface area contributed by atoms with Crippen molar-refractivity contribution in [3.63, 3.8) is 0 Å². The number of benzene rings is 1. The van der Waals surface area contributed by atoms with Crippen LogP contribution in [0.4, 0.5) is 5.69 Å². The Morgan fingerprint density at radius 2 is 2.00 bits per heavy atom. The molecule has 1 rings (SSSR count). The van der Waals surface area contributed by atoms with Gasteiger partial charge >= 0.3 is 11.9 Å². The maximum Gasteiger partial charge on any atom is 0.326 e. The summed E-state index contributed by atoms with van der Waals surface area (Å²) in [5.41, 5.74) is 0.448. The number of carbonyl (C=O) groups is 2. The van der Waals surface area contributed by atoms with Crippen molar-refractivity contribution in [2.24, 2.45) is 0 Å². The van der Waals surface area contributed by atoms with E-state index >= 15 is 0 Å². The highest BCUT2D eigenvalue weighted by Crippen LogP contribution is 2.24. The van der Waals surface area contributed by atoms with Crippen LogP contribution >= 0.6 is 0 Å². The minimum atomic E-state index is -1.22. The molecule has 0 heterocycles. The van der Waals surface area contributed by atoms with Crippen molar-refractivity contribution in [2.75, 3.05) is 12.4 Å². The number of hydrogen-bond donors (Lipinski definition) is 3. The zero-order valence-corrected chi connectivity index (χ0v) is 9.21. The second-order valence-electron chi connectivity index (χ2n) is 3.33. The molecule has 17 heavy (non-hydrogen) atoms. The first-order chi connectivity index (χ1) is 8.04. The van der Waals surface area contributed by atoms with Crippen LogP contribution in [-0.4, -0.2) is 35.3 Å². The van der Waals surface area contributed by atoms with E-state index in [1.54, 1.807) is 24.3 Å². The quantitative estimate of drug-likeness (QED) is 0.686. The Labute approximate surface area is 97.8 Å². The lowest BCUT2D eigenvalue weighted by Crippen LogP contribution is -2.31. The molecule has 1 aromatic carbocycles. The second kappa shape index (κ2) is 5.74. The standard InChI is InChI=1S/C11H13NO5/c1-17-9-5-3-2-4-7(9)12-8(11(15)16)6-10(13)14/h2-5,8,12H,6H2,1H3,(H,13,14)(H,15,16). The van der Waals surface area contributed by atoms with E-state index in [-0.39, 0.29) is 0 Å². The summed E-state index contributed by atoms with van der Waals surface area (Å²) in [6.07, 6.45) is -0.507. The van der Waals surface area contributed by atoms with Crippen LogP contribution in [0.2, 0.25) is 0 Å². The molecule has 1 aromatic rings. The Morgan fingerprint density at radius 1 is 1.35 bits per heavy atom. The Hall–Kier alpha value is -2.24. The second-order valence-corrected chi connectivity index (χ2v) is 3.33. The van der Waals surface area contributed by atoms with Crippen molar-refractivity contribution in [3.05, 3.63) is 24.3 Å². The molecular formula is C11H13NO5. The Balaban J connectivity index is 2.85. The molecule has 0 bridgehead atoms. The molecule has 0 aliphatic carbocycles. The molecule has 1 atom stereocenters. The van der Waals surface area contributed by atoms with Gasteiger partial charge in [-0.1, -0.05) is 12.1 Å². The number of carboxylic acid groups (broad SMARTS) is 2. The summed E-state index contributed by atoms with van der Waals surface area (Å²) >= 11 is 0. The number of methoxy groups -OCH3 is 1. The zero-order chi connectivity index (χ0) is 12.8. The molecule has 6 nitrogen and oxygen atoms in total. The average molecular weight is 239 g/mol. The lowest BCUT2D eigenvalue weighted by molar-refractivity contribution is -0.144. The first-order valence-electron chi connectivity index (χ1n) is 4.88. The molecule has 0 saturated carbocycles. The van der Waals surface area contributed by atoms with Crippen LogP contribution in [0, 0.1) is 0 Å². The minimum Gasteiger partial charge on any atom is -0.495 e. The fourth-order valence-corrected chi connectivity index (χ4v) is 1.33. The number of rotatable bonds is 6. The van der Waals surface area contributed by atoms with E-state index in [4.69, 9.17) is 14.9 Å². The van der Waals surface area contributed by atoms with E-state index in [9.17, 15) is 9.59 Å². The van der Waals surface area contributed by atoms with E-state index in [0.717, 1.165) is 0 Å². The van der Waals surface area contributed by atoms with Gasteiger partial charge in [0, 0.05) is 0 Å². The van der Waals surface area contributed by atoms with Gasteiger partial charge in [-0.25, -0.2) is 4.79 Å². The fraction of sp³-hybridized carbons (Fsp3) is 0.273. The highest BCUT2D eigenvalue weighted by Gasteiger charge is 2.21. The van der Waals surface area contributed by atoms with Crippen molar-refractivity contribution in [3.8, 4) is 5.75 Å². The van der Waals surface area contributed by atoms with Crippen LogP contribution < -0.4 is 10.1 Å². The van der Waals surface area contributed by atoms with Gasteiger partial charge < -0.3 is 20.3 Å². The Kier molecular flexibility index (Phi) is 4.33. The van der Waals surface area contributed by atoms with E-state index < -0.39 is 24.4 Å². The molecule has 0 fully saturated rings. The predicted molar refractivity (Wildman–Crippen MR) is 60.3 cm³/mol. The van der Waals surface area contributed by atoms with Gasteiger partial charge in [0.2, 0.25) is 0 Å². The third-order valence-corrected chi connectivity index (χ3v) is 2.11. The molecule has 6 heteroatoms. The summed E-state index contributed by atoms with van der Waals surface area (Å²) in [4.78, 5) is 21.4. The molecule has 3 N–H and O–H groups in total. The summed E-state index contributed by atoms with van der Waals surface area (Å²) < 4.78 is 5.03. The first kappa shape index (κ1) is 12.8. The molecule has 0 saturated heterocycles. The summed E-state index contributed by atoms with van der Waals surface area (Å²) in [7, 11) is 1.45. The van der Waals surface area contributed by atoms with Gasteiger partial charge in [0.25, 0.3) is 0 Å². The Bertz CT molecular complexity index is 418. The molecular weight excluding hydrogens is 226 g/mol. The van der Waals surface area contributed by atoms with Crippen molar-refractivity contribution >= 4 is 17.6 Å². The summed E-state index contributed by atoms with van der Waals surface area (Å²) in [5, 5.41) is 20.1. The van der Waals surface area contributed by atoms with Gasteiger partial charge in [0.15, 0.2) is 0 Å². The van der Waals surface area contributed by atoms with Crippen LogP contribution in [-0.2, 0) is 9.59 Å². The highest BCUT2D eigenvalue weighted by molar-refractivity contribution is 5.84. The first-order valence-corrected chi connectivity index (χ1v) is 4.88. The molecule has 0 aliphatic rings. The third kappa shape index (κ3) is 3.67. The number of carboxylic acids is 2. The van der Waals surface area contributed by atoms with Crippen molar-refractivity contribution in [2.45, 2.75) is 12.5 Å². The number of para-hydroxylation sites is 2. The summed E-state index contributed by atoms with van der Waals surface area (Å²) in [5.74, 6) is -1.94. The predicted octanol–water partition coefficient (Wildman–Crippen LogP) is 1.03. The number of hydrogen-bond acceptors (Lipinski definition) is 4. The molecule has 92 valence electrons. The molecule has 0 amide bonds. The van der Waals surface area contributed by atoms with Gasteiger partial charge in [-0.2, -0.15) is 0 Å². The van der Waals surface area contributed by atoms with Gasteiger partial charge in [0.1, 0.15) is 11.8 Å². The molecule has 0 radical (unpaired) electrons. The normalized spacial score (nSPS) is 11.6. The highest BCUT2D eigenvalue weighted by atomic mass is 16.5. The van der Waals surface area contributed by atoms with Crippen LogP contribution in [0.15, 0.2) is 24.3 Å². The average Bonchev–Trinajstić information content (AvgIpc) is 2.28. The molecule has 0 aromatic heterocycles. The van der Waals surface area contributed by atoms with E-state index in [2.05, 4.69) is 5.32 Å². The zero-order valence-electron chi connectivity index (χ0n) is 9.21. The van der Waals surface area contributed by atoms with Crippen molar-refractivity contribution < 1.29 is 24.5 Å². The Morgan fingerprint density at radius 3 is 2.53 bits per heavy atom. The SMILES string of the molecule is COc1ccccc1NC(CC(=O)O)C(=O)O. The number of aliphatic carboxylic acids is 2. The van der Waals surface area contributed by atoms with Crippen molar-refractivity contribution in [1.29, 1.82) is 0 Å². The van der Waals surface area contributed by atoms with Gasteiger partial charge in [-0.05, 0) is 12.1 Å². The van der Waals surface area contributed by atoms with Gasteiger partial charge in [0.05, 0.1) is 19.2 Å². The van der Waals surface area contributed by atoms with Crippen LogP contribution in [0.3, 0.4) is 0 Å². The van der Waals surface area contributed by atoms with Crippen molar-refractivity contribution in [1.82, 2.24) is 0 Å². The summed E-state index contributed by atoms with van der Waals surface area (Å²) in [6.45, 7) is 0. The van der Waals surface area contributed by atoms with Gasteiger partial charge in [-0.3, -0.25) is 4.79 Å². The summed E-state index contributed by atoms with van der Waals surface area (Å²) in [6, 6.07) is 5.52. The lowest BCUT2D eigenvalue weighted by atomic mass is 10.2. The monoisotopic (exact) mass is 239 g/mol. The van der Waals surface area contributed by atoms with Gasteiger partial charge in [-0.15, -0.1) is 0 Å². The number of nitrogens with one attached hydrogen (secondary N) is 1.